The minimum atomic E-state index is -3.71. The van der Waals surface area contributed by atoms with Crippen LogP contribution >= 0.6 is 15.9 Å². The molecule has 0 fully saturated rings. The molecule has 0 amide bonds. The number of unbranched alkanes of at least 4 members (excludes halogenated alkanes) is 2. The fourth-order valence-corrected chi connectivity index (χ4v) is 4.73. The van der Waals surface area contributed by atoms with Gasteiger partial charge in [0.05, 0.1) is 10.6 Å². The Hall–Kier alpha value is -0.660. The summed E-state index contributed by atoms with van der Waals surface area (Å²) in [5, 5.41) is 0. The predicted octanol–water partition coefficient (Wildman–Crippen LogP) is 3.76. The molecule has 4 nitrogen and oxygen atoms in total. The van der Waals surface area contributed by atoms with E-state index in [0.29, 0.717) is 6.54 Å². The van der Waals surface area contributed by atoms with Gasteiger partial charge in [-0.1, -0.05) is 19.8 Å². The third-order valence-electron chi connectivity index (χ3n) is 3.20. The van der Waals surface area contributed by atoms with E-state index >= 15 is 0 Å². The van der Waals surface area contributed by atoms with Crippen molar-refractivity contribution >= 4 is 31.6 Å². The van der Waals surface area contributed by atoms with Crippen LogP contribution in [0.25, 0.3) is 0 Å². The van der Waals surface area contributed by atoms with Crippen LogP contribution in [-0.4, -0.2) is 25.3 Å². The van der Waals surface area contributed by atoms with Gasteiger partial charge in [-0.2, -0.15) is 4.31 Å². The summed E-state index contributed by atoms with van der Waals surface area (Å²) in [6, 6.07) is 2.08. The maximum absolute atomic E-state index is 13.4. The van der Waals surface area contributed by atoms with Gasteiger partial charge in [0, 0.05) is 17.1 Å². The van der Waals surface area contributed by atoms with Crippen LogP contribution in [0.3, 0.4) is 0 Å². The van der Waals surface area contributed by atoms with Crippen LogP contribution in [0.4, 0.5) is 10.1 Å². The van der Waals surface area contributed by atoms with E-state index in [1.807, 2.05) is 13.8 Å². The number of rotatable bonds is 7. The van der Waals surface area contributed by atoms with Crippen LogP contribution in [-0.2, 0) is 10.0 Å². The van der Waals surface area contributed by atoms with Gasteiger partial charge in [0.25, 0.3) is 0 Å². The molecular formula is C14H22BrFN2O2S. The van der Waals surface area contributed by atoms with Crippen molar-refractivity contribution in [3.05, 3.63) is 22.4 Å². The fraction of sp³-hybridized carbons (Fsp3) is 0.571. The molecule has 0 radical (unpaired) electrons. The van der Waals surface area contributed by atoms with Gasteiger partial charge in [-0.25, -0.2) is 12.8 Å². The molecule has 0 aliphatic heterocycles. The van der Waals surface area contributed by atoms with Gasteiger partial charge in [0.2, 0.25) is 10.0 Å². The van der Waals surface area contributed by atoms with Crippen molar-refractivity contribution < 1.29 is 12.8 Å². The molecule has 0 aliphatic carbocycles. The van der Waals surface area contributed by atoms with Gasteiger partial charge in [-0.3, -0.25) is 0 Å². The van der Waals surface area contributed by atoms with E-state index in [1.165, 1.54) is 10.4 Å². The van der Waals surface area contributed by atoms with Crippen molar-refractivity contribution in [2.45, 2.75) is 51.0 Å². The minimum absolute atomic E-state index is 0.00611. The summed E-state index contributed by atoms with van der Waals surface area (Å²) in [6.07, 6.45) is 2.77. The van der Waals surface area contributed by atoms with Crippen molar-refractivity contribution in [2.75, 3.05) is 12.3 Å². The number of hydrogen-bond acceptors (Lipinski definition) is 3. The molecule has 0 heterocycles. The van der Waals surface area contributed by atoms with E-state index in [-0.39, 0.29) is 21.1 Å². The lowest BCUT2D eigenvalue weighted by Gasteiger charge is -2.26. The van der Waals surface area contributed by atoms with Gasteiger partial charge in [-0.05, 0) is 48.3 Å². The van der Waals surface area contributed by atoms with Gasteiger partial charge in [-0.15, -0.1) is 0 Å². The van der Waals surface area contributed by atoms with Gasteiger partial charge in [0.15, 0.2) is 0 Å². The number of sulfonamides is 1. The molecular weight excluding hydrogens is 359 g/mol. The number of anilines is 1. The van der Waals surface area contributed by atoms with Crippen LogP contribution in [0, 0.1) is 5.82 Å². The Morgan fingerprint density at radius 2 is 1.95 bits per heavy atom. The summed E-state index contributed by atoms with van der Waals surface area (Å²) < 4.78 is 40.6. The van der Waals surface area contributed by atoms with Crippen molar-refractivity contribution in [3.63, 3.8) is 0 Å². The van der Waals surface area contributed by atoms with Crippen LogP contribution in [0.5, 0.6) is 0 Å². The number of halogens is 2. The Bertz CT molecular complexity index is 591. The normalized spacial score (nSPS) is 12.3. The van der Waals surface area contributed by atoms with Crippen LogP contribution in [0.15, 0.2) is 21.5 Å². The monoisotopic (exact) mass is 380 g/mol. The molecule has 0 bridgehead atoms. The first-order valence-electron chi connectivity index (χ1n) is 6.98. The molecule has 7 heteroatoms. The smallest absolute Gasteiger partial charge is 0.244 e. The first-order valence-corrected chi connectivity index (χ1v) is 9.21. The van der Waals surface area contributed by atoms with E-state index in [9.17, 15) is 12.8 Å². The van der Waals surface area contributed by atoms with Crippen molar-refractivity contribution in [2.24, 2.45) is 0 Å². The van der Waals surface area contributed by atoms with E-state index in [4.69, 9.17) is 5.73 Å². The molecule has 1 rings (SSSR count). The Balaban J connectivity index is 3.20. The summed E-state index contributed by atoms with van der Waals surface area (Å²) in [4.78, 5) is 0.00611. The lowest BCUT2D eigenvalue weighted by atomic mass is 10.2. The lowest BCUT2D eigenvalue weighted by Crippen LogP contribution is -2.38. The van der Waals surface area contributed by atoms with Crippen LogP contribution < -0.4 is 5.73 Å². The molecule has 0 saturated carbocycles. The van der Waals surface area contributed by atoms with Crippen LogP contribution in [0.1, 0.15) is 40.0 Å². The van der Waals surface area contributed by atoms with Crippen molar-refractivity contribution in [3.8, 4) is 0 Å². The first kappa shape index (κ1) is 18.4. The Kier molecular flexibility index (Phi) is 6.62. The molecule has 0 atom stereocenters. The molecule has 2 N–H and O–H groups in total. The second-order valence-corrected chi connectivity index (χ2v) is 7.93. The molecule has 0 spiro atoms. The molecule has 0 aliphatic rings. The second-order valence-electron chi connectivity index (χ2n) is 5.22. The summed E-state index contributed by atoms with van der Waals surface area (Å²) in [7, 11) is -3.71. The number of nitrogens with zero attached hydrogens (tertiary/aromatic N) is 1. The number of nitrogen functional groups attached to an aromatic ring is 1. The third kappa shape index (κ3) is 4.40. The highest BCUT2D eigenvalue weighted by molar-refractivity contribution is 9.10. The Morgan fingerprint density at radius 3 is 2.48 bits per heavy atom. The quantitative estimate of drug-likeness (QED) is 0.578. The van der Waals surface area contributed by atoms with Gasteiger partial charge >= 0.3 is 0 Å². The molecule has 0 saturated heterocycles. The van der Waals surface area contributed by atoms with Crippen molar-refractivity contribution in [1.82, 2.24) is 4.31 Å². The zero-order valence-corrected chi connectivity index (χ0v) is 15.0. The molecule has 1 aromatic carbocycles. The van der Waals surface area contributed by atoms with Crippen LogP contribution in [0.2, 0.25) is 0 Å². The molecule has 1 aromatic rings. The number of benzene rings is 1. The number of hydrogen-bond donors (Lipinski definition) is 1. The summed E-state index contributed by atoms with van der Waals surface area (Å²) in [6.45, 7) is 6.15. The number of nitrogens with two attached hydrogens (primary N) is 1. The SMILES string of the molecule is CCCCCN(C(C)C)S(=O)(=O)c1cc(N)c(F)cc1Br. The minimum Gasteiger partial charge on any atom is -0.396 e. The summed E-state index contributed by atoms with van der Waals surface area (Å²) in [5.41, 5.74) is 5.33. The molecule has 0 unspecified atom stereocenters. The molecule has 120 valence electrons. The second kappa shape index (κ2) is 7.56. The summed E-state index contributed by atoms with van der Waals surface area (Å²) >= 11 is 3.11. The largest absolute Gasteiger partial charge is 0.396 e. The van der Waals surface area contributed by atoms with Crippen molar-refractivity contribution in [1.29, 1.82) is 0 Å². The highest BCUT2D eigenvalue weighted by Crippen LogP contribution is 2.30. The zero-order valence-electron chi connectivity index (χ0n) is 12.6. The maximum atomic E-state index is 13.4. The van der Waals surface area contributed by atoms with E-state index < -0.39 is 15.8 Å². The first-order chi connectivity index (χ1) is 9.71. The Labute approximate surface area is 134 Å². The molecule has 0 aromatic heterocycles. The highest BCUT2D eigenvalue weighted by Gasteiger charge is 2.29. The predicted molar refractivity (Wildman–Crippen MR) is 87.1 cm³/mol. The van der Waals surface area contributed by atoms with E-state index in [0.717, 1.165) is 25.3 Å². The zero-order chi connectivity index (χ0) is 16.2. The average molecular weight is 381 g/mol. The standard InChI is InChI=1S/C14H22BrFN2O2S/c1-4-5-6-7-18(10(2)3)21(19,20)14-9-13(17)12(16)8-11(14)15/h8-10H,4-7,17H2,1-3H3. The molecule has 21 heavy (non-hydrogen) atoms. The van der Waals surface area contributed by atoms with Gasteiger partial charge < -0.3 is 5.73 Å². The third-order valence-corrected chi connectivity index (χ3v) is 6.23. The lowest BCUT2D eigenvalue weighted by molar-refractivity contribution is 0.345. The fourth-order valence-electron chi connectivity index (χ4n) is 2.04. The maximum Gasteiger partial charge on any atom is 0.244 e. The van der Waals surface area contributed by atoms with E-state index in [1.54, 1.807) is 0 Å². The summed E-state index contributed by atoms with van der Waals surface area (Å²) in [5.74, 6) is -0.636. The topological polar surface area (TPSA) is 63.4 Å². The average Bonchev–Trinajstić information content (AvgIpc) is 2.38. The Morgan fingerprint density at radius 1 is 1.33 bits per heavy atom. The highest BCUT2D eigenvalue weighted by atomic mass is 79.9. The van der Waals surface area contributed by atoms with Gasteiger partial charge in [0.1, 0.15) is 5.82 Å². The van der Waals surface area contributed by atoms with E-state index in [2.05, 4.69) is 22.9 Å².